The number of carbonyl (C=O) groups excluding carboxylic acids is 1. The van der Waals surface area contributed by atoms with Gasteiger partial charge in [0, 0.05) is 24.2 Å². The Kier molecular flexibility index (Phi) is 4.78. The third-order valence-corrected chi connectivity index (χ3v) is 8.28. The molecule has 1 fully saturated rings. The van der Waals surface area contributed by atoms with Crippen molar-refractivity contribution in [2.24, 2.45) is 0 Å². The molecule has 4 heterocycles. The van der Waals surface area contributed by atoms with Crippen LogP contribution in [0, 0.1) is 6.92 Å². The van der Waals surface area contributed by atoms with Gasteiger partial charge in [-0.15, -0.1) is 11.3 Å². The van der Waals surface area contributed by atoms with Crippen molar-refractivity contribution in [3.8, 4) is 10.4 Å². The van der Waals surface area contributed by atoms with Crippen LogP contribution in [0.2, 0.25) is 0 Å². The number of fused-ring (bicyclic) bond motifs is 1. The fourth-order valence-corrected chi connectivity index (χ4v) is 5.83. The minimum absolute atomic E-state index is 0.112. The van der Waals surface area contributed by atoms with Gasteiger partial charge in [-0.25, -0.2) is 22.9 Å². The molecule has 0 atom stereocenters. The maximum Gasteiger partial charge on any atom is 0.280 e. The number of rotatable bonds is 6. The van der Waals surface area contributed by atoms with E-state index in [1.54, 1.807) is 23.2 Å². The highest BCUT2D eigenvalue weighted by molar-refractivity contribution is 7.92. The standard InChI is InChI=1S/C20H18N6O3S2/c1-12-6-17-16(9-21-11-26(17)25-12)18-10-24-20(30-18)19(27)23-8-13-7-15(4-5-22-13)31(28,29)14-2-3-14/h4-7,9-11,14H,2-3,8H2,1H3,(H,23,27). The van der Waals surface area contributed by atoms with E-state index >= 15 is 0 Å². The number of nitrogens with one attached hydrogen (secondary N) is 1. The van der Waals surface area contributed by atoms with Crippen LogP contribution in [0.5, 0.6) is 0 Å². The van der Waals surface area contributed by atoms with Gasteiger partial charge in [-0.05, 0) is 38.0 Å². The first kappa shape index (κ1) is 19.8. The topological polar surface area (TPSA) is 119 Å². The van der Waals surface area contributed by atoms with Gasteiger partial charge in [0.1, 0.15) is 6.33 Å². The highest BCUT2D eigenvalue weighted by atomic mass is 32.2. The molecule has 31 heavy (non-hydrogen) atoms. The average molecular weight is 455 g/mol. The minimum atomic E-state index is -3.30. The molecule has 0 bridgehead atoms. The molecule has 158 valence electrons. The van der Waals surface area contributed by atoms with E-state index in [0.29, 0.717) is 23.5 Å². The van der Waals surface area contributed by atoms with Gasteiger partial charge in [0.25, 0.3) is 5.91 Å². The lowest BCUT2D eigenvalue weighted by atomic mass is 10.2. The third kappa shape index (κ3) is 3.81. The summed E-state index contributed by atoms with van der Waals surface area (Å²) in [5.74, 6) is -0.349. The van der Waals surface area contributed by atoms with Crippen molar-refractivity contribution in [2.75, 3.05) is 0 Å². The molecule has 0 aromatic carbocycles. The van der Waals surface area contributed by atoms with E-state index in [9.17, 15) is 13.2 Å². The second kappa shape index (κ2) is 7.50. The second-order valence-corrected chi connectivity index (χ2v) is 10.6. The van der Waals surface area contributed by atoms with Crippen LogP contribution < -0.4 is 5.32 Å². The van der Waals surface area contributed by atoms with E-state index < -0.39 is 9.84 Å². The molecular weight excluding hydrogens is 436 g/mol. The molecule has 0 spiro atoms. The molecule has 4 aromatic heterocycles. The van der Waals surface area contributed by atoms with Crippen molar-refractivity contribution in [1.29, 1.82) is 0 Å². The zero-order chi connectivity index (χ0) is 21.6. The van der Waals surface area contributed by atoms with Crippen molar-refractivity contribution in [2.45, 2.75) is 36.5 Å². The number of pyridine rings is 1. The smallest absolute Gasteiger partial charge is 0.280 e. The first-order valence-electron chi connectivity index (χ1n) is 9.65. The summed E-state index contributed by atoms with van der Waals surface area (Å²) in [6.07, 6.45) is 7.85. The number of carbonyl (C=O) groups is 1. The van der Waals surface area contributed by atoms with Crippen molar-refractivity contribution in [3.63, 3.8) is 0 Å². The zero-order valence-electron chi connectivity index (χ0n) is 16.5. The van der Waals surface area contributed by atoms with Gasteiger partial charge in [-0.3, -0.25) is 9.78 Å². The highest BCUT2D eigenvalue weighted by Crippen LogP contribution is 2.33. The van der Waals surface area contributed by atoms with Crippen LogP contribution >= 0.6 is 11.3 Å². The Balaban J connectivity index is 1.32. The van der Waals surface area contributed by atoms with Gasteiger partial charge in [0.05, 0.1) is 38.5 Å². The van der Waals surface area contributed by atoms with Gasteiger partial charge in [-0.2, -0.15) is 5.10 Å². The van der Waals surface area contributed by atoms with Crippen molar-refractivity contribution in [3.05, 3.63) is 59.5 Å². The Morgan fingerprint density at radius 1 is 1.26 bits per heavy atom. The van der Waals surface area contributed by atoms with Crippen LogP contribution in [0.1, 0.15) is 34.0 Å². The van der Waals surface area contributed by atoms with Crippen LogP contribution in [-0.2, 0) is 16.4 Å². The lowest BCUT2D eigenvalue weighted by Crippen LogP contribution is -2.23. The Morgan fingerprint density at radius 2 is 2.10 bits per heavy atom. The maximum absolute atomic E-state index is 12.6. The Hall–Kier alpha value is -3.18. The Bertz CT molecular complexity index is 1410. The van der Waals surface area contributed by atoms with Gasteiger partial charge in [0.2, 0.25) is 0 Å². The molecule has 4 aromatic rings. The van der Waals surface area contributed by atoms with E-state index in [0.717, 1.165) is 21.7 Å². The number of aryl methyl sites for hydroxylation is 1. The maximum atomic E-state index is 12.6. The molecule has 1 N–H and O–H groups in total. The summed E-state index contributed by atoms with van der Waals surface area (Å²) in [4.78, 5) is 26.3. The summed E-state index contributed by atoms with van der Waals surface area (Å²) < 4.78 is 26.5. The summed E-state index contributed by atoms with van der Waals surface area (Å²) in [7, 11) is -3.30. The Labute approximate surface area is 182 Å². The van der Waals surface area contributed by atoms with E-state index in [1.807, 2.05) is 13.0 Å². The van der Waals surface area contributed by atoms with Gasteiger partial charge >= 0.3 is 0 Å². The number of nitrogens with zero attached hydrogens (tertiary/aromatic N) is 5. The largest absolute Gasteiger partial charge is 0.344 e. The zero-order valence-corrected chi connectivity index (χ0v) is 18.2. The van der Waals surface area contributed by atoms with Gasteiger partial charge in [-0.1, -0.05) is 0 Å². The molecule has 0 radical (unpaired) electrons. The molecule has 1 saturated carbocycles. The average Bonchev–Trinajstić information content (AvgIpc) is 3.39. The van der Waals surface area contributed by atoms with Gasteiger partial charge < -0.3 is 5.32 Å². The van der Waals surface area contributed by atoms with Crippen LogP contribution in [0.4, 0.5) is 0 Å². The molecule has 0 unspecified atom stereocenters. The van der Waals surface area contributed by atoms with Crippen molar-refractivity contribution < 1.29 is 13.2 Å². The summed E-state index contributed by atoms with van der Waals surface area (Å²) in [6, 6.07) is 4.97. The van der Waals surface area contributed by atoms with Crippen LogP contribution in [-0.4, -0.2) is 44.1 Å². The molecule has 0 saturated heterocycles. The fourth-order valence-electron chi connectivity index (χ4n) is 3.28. The molecule has 11 heteroatoms. The van der Waals surface area contributed by atoms with Crippen LogP contribution in [0.3, 0.4) is 0 Å². The summed E-state index contributed by atoms with van der Waals surface area (Å²) in [6.45, 7) is 2.02. The summed E-state index contributed by atoms with van der Waals surface area (Å²) in [5.41, 5.74) is 3.09. The molecule has 0 aliphatic heterocycles. The normalized spacial score (nSPS) is 14.1. The predicted octanol–water partition coefficient (Wildman–Crippen LogP) is 2.42. The van der Waals surface area contributed by atoms with Gasteiger partial charge in [0.15, 0.2) is 14.8 Å². The number of aromatic nitrogens is 5. The monoisotopic (exact) mass is 454 g/mol. The first-order chi connectivity index (χ1) is 14.9. The predicted molar refractivity (Wildman–Crippen MR) is 114 cm³/mol. The number of sulfone groups is 1. The molecule has 1 aliphatic rings. The fraction of sp³-hybridized carbons (Fsp3) is 0.250. The van der Waals surface area contributed by atoms with E-state index in [4.69, 9.17) is 0 Å². The number of hydrogen-bond donors (Lipinski definition) is 1. The molecule has 9 nitrogen and oxygen atoms in total. The Morgan fingerprint density at radius 3 is 2.90 bits per heavy atom. The number of amides is 1. The van der Waals surface area contributed by atoms with Crippen molar-refractivity contribution in [1.82, 2.24) is 29.9 Å². The minimum Gasteiger partial charge on any atom is -0.344 e. The van der Waals surface area contributed by atoms with Crippen LogP contribution in [0.25, 0.3) is 16.0 Å². The lowest BCUT2D eigenvalue weighted by molar-refractivity contribution is 0.0950. The van der Waals surface area contributed by atoms with E-state index in [-0.39, 0.29) is 22.6 Å². The lowest BCUT2D eigenvalue weighted by Gasteiger charge is -2.06. The van der Waals surface area contributed by atoms with Crippen molar-refractivity contribution >= 4 is 32.6 Å². The quantitative estimate of drug-likeness (QED) is 0.475. The second-order valence-electron chi connectivity index (χ2n) is 7.36. The summed E-state index contributed by atoms with van der Waals surface area (Å²) >= 11 is 1.25. The molecule has 5 rings (SSSR count). The summed E-state index contributed by atoms with van der Waals surface area (Å²) in [5, 5.41) is 7.13. The van der Waals surface area contributed by atoms with E-state index in [2.05, 4.69) is 25.4 Å². The highest BCUT2D eigenvalue weighted by Gasteiger charge is 2.37. The number of hydrogen-bond acceptors (Lipinski definition) is 8. The first-order valence-corrected chi connectivity index (χ1v) is 12.0. The SMILES string of the molecule is Cc1cc2c(-c3cnc(C(=O)NCc4cc(S(=O)(=O)C5CC5)ccn4)s3)cncn2n1. The third-order valence-electron chi connectivity index (χ3n) is 4.99. The van der Waals surface area contributed by atoms with Crippen LogP contribution in [0.15, 0.2) is 48.0 Å². The number of thiazole rings is 1. The molecular formula is C20H18N6O3S2. The van der Waals surface area contributed by atoms with E-state index in [1.165, 1.54) is 29.7 Å². The molecule has 1 aliphatic carbocycles. The molecule has 1 amide bonds.